The van der Waals surface area contributed by atoms with Crippen molar-refractivity contribution in [3.05, 3.63) is 48.6 Å². The highest BCUT2D eigenvalue weighted by atomic mass is 16.6. The standard InChI is InChI=1S/C45H80O5/c1-3-5-7-9-11-13-14-15-16-17-18-19-20-21-22-23-24-25-26-27-28-29-30-32-34-36-38-40-45(48)50-43(41-46)42-49-44(47)39-37-35-33-31-12-10-8-6-4-2/h5,7,11,13,15-16,18-19,43,46H,3-4,6,8-10,12,14,17,20-42H2,1-2H3/b7-5-,13-11-,16-15-,19-18-. The van der Waals surface area contributed by atoms with E-state index in [0.29, 0.717) is 12.8 Å². The molecule has 0 aromatic carbocycles. The van der Waals surface area contributed by atoms with Crippen LogP contribution in [-0.2, 0) is 19.1 Å². The van der Waals surface area contributed by atoms with Gasteiger partial charge in [0, 0.05) is 12.8 Å². The number of rotatable bonds is 38. The zero-order valence-corrected chi connectivity index (χ0v) is 32.9. The molecule has 0 saturated carbocycles. The molecule has 290 valence electrons. The summed E-state index contributed by atoms with van der Waals surface area (Å²) in [6.45, 7) is 4.01. The minimum absolute atomic E-state index is 0.0637. The largest absolute Gasteiger partial charge is 0.462 e. The average molecular weight is 701 g/mol. The van der Waals surface area contributed by atoms with Crippen molar-refractivity contribution in [3.63, 3.8) is 0 Å². The normalized spacial score (nSPS) is 12.6. The number of ether oxygens (including phenoxy) is 2. The molecule has 0 aliphatic heterocycles. The fourth-order valence-corrected chi connectivity index (χ4v) is 5.96. The smallest absolute Gasteiger partial charge is 0.306 e. The predicted molar refractivity (Wildman–Crippen MR) is 214 cm³/mol. The SMILES string of the molecule is CC/C=C\C/C=C\C/C=C\C/C=C\CCCCCCCCCCCCCCCCC(=O)OC(CO)COC(=O)CCCCCCCCCCC. The molecule has 5 heteroatoms. The van der Waals surface area contributed by atoms with Crippen molar-refractivity contribution in [2.24, 2.45) is 0 Å². The Kier molecular flexibility index (Phi) is 39.5. The summed E-state index contributed by atoms with van der Waals surface area (Å²) in [7, 11) is 0. The Balaban J connectivity index is 3.47. The molecule has 0 amide bonds. The van der Waals surface area contributed by atoms with E-state index in [-0.39, 0.29) is 25.2 Å². The molecule has 1 N–H and O–H groups in total. The number of aliphatic hydroxyl groups excluding tert-OH is 1. The number of aliphatic hydroxyl groups is 1. The van der Waals surface area contributed by atoms with Crippen LogP contribution >= 0.6 is 0 Å². The predicted octanol–water partition coefficient (Wildman–Crippen LogP) is 13.4. The topological polar surface area (TPSA) is 72.8 Å². The first-order chi connectivity index (χ1) is 24.6. The molecule has 1 atom stereocenters. The lowest BCUT2D eigenvalue weighted by atomic mass is 10.0. The van der Waals surface area contributed by atoms with Gasteiger partial charge < -0.3 is 14.6 Å². The zero-order chi connectivity index (χ0) is 36.4. The molecular formula is C45H80O5. The number of allylic oxidation sites excluding steroid dienone is 8. The van der Waals surface area contributed by atoms with E-state index in [2.05, 4.69) is 62.5 Å². The highest BCUT2D eigenvalue weighted by Crippen LogP contribution is 2.15. The number of unbranched alkanes of at least 4 members (excludes halogenated alkanes) is 22. The third-order valence-corrected chi connectivity index (χ3v) is 9.14. The van der Waals surface area contributed by atoms with Crippen molar-refractivity contribution >= 4 is 11.9 Å². The summed E-state index contributed by atoms with van der Waals surface area (Å²) >= 11 is 0. The van der Waals surface area contributed by atoms with Crippen LogP contribution in [0.3, 0.4) is 0 Å². The van der Waals surface area contributed by atoms with Gasteiger partial charge >= 0.3 is 11.9 Å². The molecule has 0 heterocycles. The molecule has 0 radical (unpaired) electrons. The molecule has 0 aliphatic carbocycles. The number of carbonyl (C=O) groups excluding carboxylic acids is 2. The highest BCUT2D eigenvalue weighted by molar-refractivity contribution is 5.70. The van der Waals surface area contributed by atoms with Crippen LogP contribution in [-0.4, -0.2) is 36.4 Å². The Labute approximate surface area is 309 Å². The molecule has 0 aliphatic rings. The number of carbonyl (C=O) groups is 2. The van der Waals surface area contributed by atoms with E-state index >= 15 is 0 Å². The molecule has 5 nitrogen and oxygen atoms in total. The summed E-state index contributed by atoms with van der Waals surface area (Å²) in [6, 6.07) is 0. The van der Waals surface area contributed by atoms with E-state index in [1.807, 2.05) is 0 Å². The van der Waals surface area contributed by atoms with Gasteiger partial charge in [-0.25, -0.2) is 0 Å². The van der Waals surface area contributed by atoms with E-state index in [4.69, 9.17) is 9.47 Å². The van der Waals surface area contributed by atoms with Crippen molar-refractivity contribution < 1.29 is 24.2 Å². The molecule has 0 rings (SSSR count). The molecule has 50 heavy (non-hydrogen) atoms. The van der Waals surface area contributed by atoms with E-state index in [9.17, 15) is 14.7 Å². The Hall–Kier alpha value is -2.14. The van der Waals surface area contributed by atoms with E-state index in [0.717, 1.165) is 64.2 Å². The molecule has 0 spiro atoms. The maximum Gasteiger partial charge on any atom is 0.306 e. The minimum Gasteiger partial charge on any atom is -0.462 e. The van der Waals surface area contributed by atoms with Crippen molar-refractivity contribution in [3.8, 4) is 0 Å². The van der Waals surface area contributed by atoms with Gasteiger partial charge in [0.05, 0.1) is 6.61 Å². The summed E-state index contributed by atoms with van der Waals surface area (Å²) in [4.78, 5) is 24.2. The second kappa shape index (κ2) is 41.3. The van der Waals surface area contributed by atoms with Crippen molar-refractivity contribution in [1.29, 1.82) is 0 Å². The molecule has 0 saturated heterocycles. The Bertz CT molecular complexity index is 842. The van der Waals surface area contributed by atoms with Crippen LogP contribution in [0.15, 0.2) is 48.6 Å². The van der Waals surface area contributed by atoms with Crippen molar-refractivity contribution in [2.75, 3.05) is 13.2 Å². The Morgan fingerprint density at radius 3 is 1.30 bits per heavy atom. The lowest BCUT2D eigenvalue weighted by Crippen LogP contribution is -2.28. The van der Waals surface area contributed by atoms with Gasteiger partial charge in [0.25, 0.3) is 0 Å². The van der Waals surface area contributed by atoms with E-state index < -0.39 is 6.10 Å². The van der Waals surface area contributed by atoms with Gasteiger partial charge in [-0.2, -0.15) is 0 Å². The quantitative estimate of drug-likeness (QED) is 0.0394. The first-order valence-electron chi connectivity index (χ1n) is 21.2. The summed E-state index contributed by atoms with van der Waals surface area (Å²) < 4.78 is 10.6. The zero-order valence-electron chi connectivity index (χ0n) is 32.9. The second-order valence-electron chi connectivity index (χ2n) is 14.0. The summed E-state index contributed by atoms with van der Waals surface area (Å²) in [5, 5.41) is 9.54. The van der Waals surface area contributed by atoms with Gasteiger partial charge in [0.2, 0.25) is 0 Å². The van der Waals surface area contributed by atoms with Crippen molar-refractivity contribution in [2.45, 2.75) is 213 Å². The van der Waals surface area contributed by atoms with Gasteiger partial charge in [-0.3, -0.25) is 9.59 Å². The van der Waals surface area contributed by atoms with Crippen LogP contribution in [0.5, 0.6) is 0 Å². The molecule has 0 aromatic rings. The maximum atomic E-state index is 12.2. The molecular weight excluding hydrogens is 620 g/mol. The van der Waals surface area contributed by atoms with E-state index in [1.54, 1.807) is 0 Å². The van der Waals surface area contributed by atoms with Crippen LogP contribution in [0.25, 0.3) is 0 Å². The van der Waals surface area contributed by atoms with Gasteiger partial charge in [-0.1, -0.05) is 191 Å². The van der Waals surface area contributed by atoms with Gasteiger partial charge in [0.15, 0.2) is 6.10 Å². The van der Waals surface area contributed by atoms with Crippen LogP contribution in [0.2, 0.25) is 0 Å². The Morgan fingerprint density at radius 2 is 0.860 bits per heavy atom. The maximum absolute atomic E-state index is 12.2. The molecule has 0 fully saturated rings. The first kappa shape index (κ1) is 47.9. The third kappa shape index (κ3) is 38.7. The van der Waals surface area contributed by atoms with Crippen LogP contribution in [0.4, 0.5) is 0 Å². The summed E-state index contributed by atoms with van der Waals surface area (Å²) in [6.07, 6.45) is 51.9. The fourth-order valence-electron chi connectivity index (χ4n) is 5.96. The number of esters is 2. The molecule has 0 aromatic heterocycles. The molecule has 1 unspecified atom stereocenters. The lowest BCUT2D eigenvalue weighted by molar-refractivity contribution is -0.161. The third-order valence-electron chi connectivity index (χ3n) is 9.14. The Morgan fingerprint density at radius 1 is 0.480 bits per heavy atom. The second-order valence-corrected chi connectivity index (χ2v) is 14.0. The lowest BCUT2D eigenvalue weighted by Gasteiger charge is -2.15. The molecule has 0 bridgehead atoms. The summed E-state index contributed by atoms with van der Waals surface area (Å²) in [5.41, 5.74) is 0. The summed E-state index contributed by atoms with van der Waals surface area (Å²) in [5.74, 6) is -0.591. The highest BCUT2D eigenvalue weighted by Gasteiger charge is 2.16. The average Bonchev–Trinajstić information content (AvgIpc) is 3.12. The number of hydrogen-bond acceptors (Lipinski definition) is 5. The number of hydrogen-bond donors (Lipinski definition) is 1. The van der Waals surface area contributed by atoms with Gasteiger partial charge in [-0.15, -0.1) is 0 Å². The van der Waals surface area contributed by atoms with Crippen LogP contribution in [0.1, 0.15) is 206 Å². The van der Waals surface area contributed by atoms with Gasteiger partial charge in [-0.05, 0) is 51.4 Å². The first-order valence-corrected chi connectivity index (χ1v) is 21.2. The van der Waals surface area contributed by atoms with E-state index in [1.165, 1.54) is 116 Å². The van der Waals surface area contributed by atoms with Gasteiger partial charge in [0.1, 0.15) is 6.61 Å². The van der Waals surface area contributed by atoms with Crippen LogP contribution in [0, 0.1) is 0 Å². The monoisotopic (exact) mass is 701 g/mol. The fraction of sp³-hybridized carbons (Fsp3) is 0.778. The van der Waals surface area contributed by atoms with Crippen LogP contribution < -0.4 is 0 Å². The van der Waals surface area contributed by atoms with Crippen molar-refractivity contribution in [1.82, 2.24) is 0 Å². The minimum atomic E-state index is -0.767.